The molecule has 2 aromatic rings. The summed E-state index contributed by atoms with van der Waals surface area (Å²) in [7, 11) is 0. The van der Waals surface area contributed by atoms with Crippen molar-refractivity contribution in [3.63, 3.8) is 0 Å². The third kappa shape index (κ3) is 2.45. The molecule has 0 fully saturated rings. The second-order valence-corrected chi connectivity index (χ2v) is 6.57. The van der Waals surface area contributed by atoms with Crippen molar-refractivity contribution in [1.29, 1.82) is 0 Å². The van der Waals surface area contributed by atoms with Gasteiger partial charge in [-0.25, -0.2) is 0 Å². The Kier molecular flexibility index (Phi) is 3.75. The molecule has 0 saturated carbocycles. The van der Waals surface area contributed by atoms with Crippen LogP contribution in [-0.2, 0) is 0 Å². The highest BCUT2D eigenvalue weighted by molar-refractivity contribution is 7.99. The molecular weight excluding hydrogens is 264 g/mol. The summed E-state index contributed by atoms with van der Waals surface area (Å²) < 4.78 is 6.18. The molecule has 0 bridgehead atoms. The van der Waals surface area contributed by atoms with Crippen molar-refractivity contribution in [2.75, 3.05) is 12.4 Å². The molecule has 1 aliphatic heterocycles. The molecule has 1 heterocycles. The van der Waals surface area contributed by atoms with E-state index in [4.69, 9.17) is 4.74 Å². The molecule has 0 amide bonds. The monoisotopic (exact) mass is 284 g/mol. The molecule has 0 aliphatic carbocycles. The average Bonchev–Trinajstić information content (AvgIpc) is 2.87. The Morgan fingerprint density at radius 1 is 1.05 bits per heavy atom. The lowest BCUT2D eigenvalue weighted by molar-refractivity contribution is 0.294. The maximum Gasteiger partial charge on any atom is 0.125 e. The number of ether oxygens (including phenoxy) is 1. The maximum absolute atomic E-state index is 6.18. The van der Waals surface area contributed by atoms with E-state index in [1.807, 2.05) is 11.8 Å². The van der Waals surface area contributed by atoms with Gasteiger partial charge in [-0.1, -0.05) is 30.3 Å². The Hall–Kier alpha value is -1.41. The number of benzene rings is 2. The molecule has 0 saturated heterocycles. The van der Waals surface area contributed by atoms with Crippen molar-refractivity contribution < 1.29 is 4.74 Å². The molecule has 0 spiro atoms. The molecule has 1 aliphatic rings. The van der Waals surface area contributed by atoms with E-state index in [0.29, 0.717) is 5.92 Å². The Morgan fingerprint density at radius 2 is 1.80 bits per heavy atom. The van der Waals surface area contributed by atoms with Crippen LogP contribution < -0.4 is 4.74 Å². The van der Waals surface area contributed by atoms with Gasteiger partial charge < -0.3 is 4.74 Å². The molecule has 104 valence electrons. The van der Waals surface area contributed by atoms with Crippen LogP contribution in [-0.4, -0.2) is 12.4 Å². The smallest absolute Gasteiger partial charge is 0.125 e. The number of rotatable bonds is 3. The van der Waals surface area contributed by atoms with Gasteiger partial charge in [0.05, 0.1) is 6.61 Å². The lowest BCUT2D eigenvalue weighted by Crippen LogP contribution is -2.11. The van der Waals surface area contributed by atoms with Crippen molar-refractivity contribution in [3.8, 4) is 5.75 Å². The highest BCUT2D eigenvalue weighted by atomic mass is 32.2. The second kappa shape index (κ2) is 5.53. The first-order valence-electron chi connectivity index (χ1n) is 7.08. The fourth-order valence-electron chi connectivity index (χ4n) is 2.70. The van der Waals surface area contributed by atoms with E-state index < -0.39 is 0 Å². The minimum atomic E-state index is 0.510. The molecular formula is C18H20OS. The lowest BCUT2D eigenvalue weighted by atomic mass is 10.0. The summed E-state index contributed by atoms with van der Waals surface area (Å²) >= 11 is 1.94. The second-order valence-electron chi connectivity index (χ2n) is 5.51. The van der Waals surface area contributed by atoms with Crippen LogP contribution in [0.1, 0.15) is 28.2 Å². The summed E-state index contributed by atoms with van der Waals surface area (Å²) in [6.45, 7) is 7.19. The molecule has 0 aromatic heterocycles. The molecule has 3 rings (SSSR count). The number of hydrogen-bond donors (Lipinski definition) is 0. The first-order valence-corrected chi connectivity index (χ1v) is 8.06. The topological polar surface area (TPSA) is 9.23 Å². The van der Waals surface area contributed by atoms with Crippen molar-refractivity contribution in [2.24, 2.45) is 0 Å². The van der Waals surface area contributed by atoms with Gasteiger partial charge in [0.15, 0.2) is 0 Å². The van der Waals surface area contributed by atoms with Gasteiger partial charge in [-0.2, -0.15) is 0 Å². The number of thioether (sulfide) groups is 1. The van der Waals surface area contributed by atoms with E-state index in [9.17, 15) is 0 Å². The summed E-state index contributed by atoms with van der Waals surface area (Å²) in [5, 5.41) is 0. The zero-order chi connectivity index (χ0) is 14.1. The van der Waals surface area contributed by atoms with Crippen LogP contribution in [0.4, 0.5) is 0 Å². The molecule has 1 nitrogen and oxygen atoms in total. The van der Waals surface area contributed by atoms with Crippen molar-refractivity contribution in [1.82, 2.24) is 0 Å². The number of hydrogen-bond acceptors (Lipinski definition) is 2. The van der Waals surface area contributed by atoms with E-state index in [-0.39, 0.29) is 0 Å². The van der Waals surface area contributed by atoms with Crippen LogP contribution in [0.15, 0.2) is 41.3 Å². The Morgan fingerprint density at radius 3 is 2.65 bits per heavy atom. The summed E-state index contributed by atoms with van der Waals surface area (Å²) in [4.78, 5) is 1.42. The van der Waals surface area contributed by atoms with Crippen molar-refractivity contribution in [3.05, 3.63) is 58.7 Å². The normalized spacial score (nSPS) is 17.1. The number of fused-ring (bicyclic) bond motifs is 1. The van der Waals surface area contributed by atoms with Gasteiger partial charge in [0.1, 0.15) is 5.75 Å². The fourth-order valence-corrected chi connectivity index (χ4v) is 3.93. The van der Waals surface area contributed by atoms with Crippen LogP contribution in [0.3, 0.4) is 0 Å². The highest BCUT2D eigenvalue weighted by Gasteiger charge is 2.23. The molecule has 2 aromatic carbocycles. The largest absolute Gasteiger partial charge is 0.492 e. The first kappa shape index (κ1) is 13.6. The SMILES string of the molecule is Cc1ccc(C)c(OCC2CSc3ccccc32)c1C. The van der Waals surface area contributed by atoms with Gasteiger partial charge in [0.2, 0.25) is 0 Å². The molecule has 0 N–H and O–H groups in total. The third-order valence-corrected chi connectivity index (χ3v) is 5.35. The molecule has 1 unspecified atom stereocenters. The zero-order valence-electron chi connectivity index (χ0n) is 12.3. The van der Waals surface area contributed by atoms with E-state index in [1.54, 1.807) is 0 Å². The van der Waals surface area contributed by atoms with E-state index >= 15 is 0 Å². The van der Waals surface area contributed by atoms with Crippen LogP contribution in [0.2, 0.25) is 0 Å². The summed E-state index contributed by atoms with van der Waals surface area (Å²) in [6, 6.07) is 13.0. The van der Waals surface area contributed by atoms with E-state index in [1.165, 1.54) is 27.1 Å². The van der Waals surface area contributed by atoms with Gasteiger partial charge >= 0.3 is 0 Å². The van der Waals surface area contributed by atoms with Gasteiger partial charge in [0, 0.05) is 16.6 Å². The van der Waals surface area contributed by atoms with Crippen LogP contribution in [0.25, 0.3) is 0 Å². The highest BCUT2D eigenvalue weighted by Crippen LogP contribution is 2.39. The molecule has 0 radical (unpaired) electrons. The molecule has 1 atom stereocenters. The van der Waals surface area contributed by atoms with Gasteiger partial charge in [-0.15, -0.1) is 11.8 Å². The standard InChI is InChI=1S/C18H20OS/c1-12-8-9-13(2)18(14(12)3)19-10-15-11-20-17-7-5-4-6-16(15)17/h4-9,15H,10-11H2,1-3H3. The zero-order valence-corrected chi connectivity index (χ0v) is 13.1. The predicted octanol–water partition coefficient (Wildman–Crippen LogP) is 4.88. The maximum atomic E-state index is 6.18. The van der Waals surface area contributed by atoms with Gasteiger partial charge in [-0.3, -0.25) is 0 Å². The van der Waals surface area contributed by atoms with E-state index in [2.05, 4.69) is 57.2 Å². The van der Waals surface area contributed by atoms with Gasteiger partial charge in [-0.05, 0) is 49.1 Å². The number of aryl methyl sites for hydroxylation is 2. The van der Waals surface area contributed by atoms with E-state index in [0.717, 1.165) is 18.1 Å². The minimum absolute atomic E-state index is 0.510. The Bertz CT molecular complexity index is 633. The molecule has 2 heteroatoms. The lowest BCUT2D eigenvalue weighted by Gasteiger charge is -2.17. The fraction of sp³-hybridized carbons (Fsp3) is 0.333. The average molecular weight is 284 g/mol. The minimum Gasteiger partial charge on any atom is -0.492 e. The molecule has 20 heavy (non-hydrogen) atoms. The summed E-state index contributed by atoms with van der Waals surface area (Å²) in [5.41, 5.74) is 5.24. The first-order chi connectivity index (χ1) is 9.66. The Labute approximate surface area is 125 Å². The van der Waals surface area contributed by atoms with Crippen LogP contribution >= 0.6 is 11.8 Å². The Balaban J connectivity index is 1.77. The van der Waals surface area contributed by atoms with Crippen molar-refractivity contribution >= 4 is 11.8 Å². The van der Waals surface area contributed by atoms with Crippen molar-refractivity contribution in [2.45, 2.75) is 31.6 Å². The third-order valence-electron chi connectivity index (χ3n) is 4.10. The van der Waals surface area contributed by atoms with Crippen LogP contribution in [0, 0.1) is 20.8 Å². The quantitative estimate of drug-likeness (QED) is 0.794. The summed E-state index contributed by atoms with van der Waals surface area (Å²) in [6.07, 6.45) is 0. The van der Waals surface area contributed by atoms with Crippen LogP contribution in [0.5, 0.6) is 5.75 Å². The predicted molar refractivity (Wildman–Crippen MR) is 86.1 cm³/mol. The summed E-state index contributed by atoms with van der Waals surface area (Å²) in [5.74, 6) is 2.71. The van der Waals surface area contributed by atoms with Gasteiger partial charge in [0.25, 0.3) is 0 Å².